The number of pyridine rings is 1. The molecule has 1 amide bonds. The lowest BCUT2D eigenvalue weighted by Gasteiger charge is -2.20. The zero-order chi connectivity index (χ0) is 29.3. The number of amides is 1. The van der Waals surface area contributed by atoms with Crippen LogP contribution in [0.4, 0.5) is 22.0 Å². The molecule has 0 fully saturated rings. The summed E-state index contributed by atoms with van der Waals surface area (Å²) in [7, 11) is 0. The maximum absolute atomic E-state index is 14.2. The van der Waals surface area contributed by atoms with Gasteiger partial charge in [-0.05, 0) is 59.5 Å². The topological polar surface area (TPSA) is 88.8 Å². The lowest BCUT2D eigenvalue weighted by atomic mass is 9.85. The molecule has 0 saturated carbocycles. The fourth-order valence-corrected chi connectivity index (χ4v) is 5.06. The van der Waals surface area contributed by atoms with E-state index in [9.17, 15) is 31.5 Å². The standard InChI is InChI=1S/C31H22F5N3O2/c32-20-7-16(8-21(33)12-20)6-18(9-23(40)10-19-15-39-30-25(19)13-22(34)14-28(30)36)29-24(2-1-5-38-29)17-3-4-27(35)26(11-17)31(37)41/h1-5,7-8,11-15,18,39H,6,9-10H2,(H2,37,41)/t18-/m1/s1. The molecule has 0 aliphatic rings. The number of benzene rings is 3. The predicted molar refractivity (Wildman–Crippen MR) is 142 cm³/mol. The molecule has 3 N–H and O–H groups in total. The largest absolute Gasteiger partial charge is 0.366 e. The van der Waals surface area contributed by atoms with E-state index in [4.69, 9.17) is 5.73 Å². The van der Waals surface area contributed by atoms with Gasteiger partial charge >= 0.3 is 0 Å². The molecule has 0 aliphatic carbocycles. The zero-order valence-corrected chi connectivity index (χ0v) is 21.4. The number of primary amides is 1. The number of halogens is 5. The van der Waals surface area contributed by atoms with E-state index in [-0.39, 0.29) is 47.1 Å². The molecular formula is C31H22F5N3O2. The van der Waals surface area contributed by atoms with Crippen LogP contribution < -0.4 is 5.73 Å². The van der Waals surface area contributed by atoms with Crippen molar-refractivity contribution in [3.63, 3.8) is 0 Å². The van der Waals surface area contributed by atoms with E-state index in [2.05, 4.69) is 9.97 Å². The second-order valence-electron chi connectivity index (χ2n) is 9.72. The number of nitrogens with zero attached hydrogens (tertiary/aromatic N) is 1. The van der Waals surface area contributed by atoms with Gasteiger partial charge in [0.2, 0.25) is 0 Å². The summed E-state index contributed by atoms with van der Waals surface area (Å²) in [4.78, 5) is 32.3. The fourth-order valence-electron chi connectivity index (χ4n) is 5.06. The highest BCUT2D eigenvalue weighted by Gasteiger charge is 2.24. The van der Waals surface area contributed by atoms with E-state index in [1.165, 1.54) is 24.5 Å². The molecule has 2 heterocycles. The van der Waals surface area contributed by atoms with Crippen LogP contribution in [0.5, 0.6) is 0 Å². The minimum absolute atomic E-state index is 0.00540. The van der Waals surface area contributed by atoms with Crippen molar-refractivity contribution in [2.45, 2.75) is 25.2 Å². The number of carbonyl (C=O) groups excluding carboxylic acids is 2. The highest BCUT2D eigenvalue weighted by molar-refractivity contribution is 5.94. The van der Waals surface area contributed by atoms with Crippen LogP contribution in [0, 0.1) is 29.1 Å². The van der Waals surface area contributed by atoms with Gasteiger partial charge in [-0.3, -0.25) is 14.6 Å². The Labute approximate surface area is 230 Å². The predicted octanol–water partition coefficient (Wildman–Crippen LogP) is 6.55. The van der Waals surface area contributed by atoms with Crippen molar-refractivity contribution in [3.05, 3.63) is 125 Å². The highest BCUT2D eigenvalue weighted by atomic mass is 19.1. The average Bonchev–Trinajstić information content (AvgIpc) is 3.30. The summed E-state index contributed by atoms with van der Waals surface area (Å²) in [5.74, 6) is -5.99. The van der Waals surface area contributed by atoms with Crippen molar-refractivity contribution in [2.24, 2.45) is 5.73 Å². The lowest BCUT2D eigenvalue weighted by molar-refractivity contribution is -0.118. The molecule has 0 saturated heterocycles. The third-order valence-corrected chi connectivity index (χ3v) is 6.83. The first-order valence-corrected chi connectivity index (χ1v) is 12.6. The average molecular weight is 564 g/mol. The van der Waals surface area contributed by atoms with E-state index >= 15 is 0 Å². The second kappa shape index (κ2) is 11.3. The van der Waals surface area contributed by atoms with Crippen molar-refractivity contribution in [2.75, 3.05) is 0 Å². The normalized spacial score (nSPS) is 12.0. The van der Waals surface area contributed by atoms with E-state index < -0.39 is 40.9 Å². The molecule has 3 aromatic carbocycles. The molecule has 1 atom stereocenters. The van der Waals surface area contributed by atoms with Gasteiger partial charge in [-0.2, -0.15) is 0 Å². The number of Topliss-reactive ketones (excluding diaryl/α,β-unsaturated/α-hetero) is 1. The van der Waals surface area contributed by atoms with Crippen LogP contribution in [0.1, 0.15) is 39.5 Å². The molecule has 41 heavy (non-hydrogen) atoms. The van der Waals surface area contributed by atoms with Gasteiger partial charge in [0, 0.05) is 54.2 Å². The van der Waals surface area contributed by atoms with Gasteiger partial charge in [-0.25, -0.2) is 22.0 Å². The smallest absolute Gasteiger partial charge is 0.251 e. The van der Waals surface area contributed by atoms with Crippen molar-refractivity contribution >= 4 is 22.6 Å². The first-order valence-electron chi connectivity index (χ1n) is 12.6. The lowest BCUT2D eigenvalue weighted by Crippen LogP contribution is -2.15. The number of aromatic nitrogens is 2. The van der Waals surface area contributed by atoms with Crippen LogP contribution >= 0.6 is 0 Å². The van der Waals surface area contributed by atoms with E-state index in [1.54, 1.807) is 12.1 Å². The first-order chi connectivity index (χ1) is 19.6. The van der Waals surface area contributed by atoms with Gasteiger partial charge in [0.1, 0.15) is 34.9 Å². The Balaban J connectivity index is 1.53. The number of rotatable bonds is 9. The van der Waals surface area contributed by atoms with Gasteiger partial charge in [0.05, 0.1) is 16.8 Å². The molecule has 208 valence electrons. The monoisotopic (exact) mass is 563 g/mol. The maximum atomic E-state index is 14.2. The first kappa shape index (κ1) is 27.7. The van der Waals surface area contributed by atoms with E-state index in [0.29, 0.717) is 22.4 Å². The number of nitrogens with one attached hydrogen (secondary N) is 1. The SMILES string of the molecule is NC(=O)c1cc(-c2cccnc2[C@@H](CC(=O)Cc2c[nH]c3c(F)cc(F)cc23)Cc2cc(F)cc(F)c2)ccc1F. The van der Waals surface area contributed by atoms with Crippen LogP contribution in [-0.4, -0.2) is 21.7 Å². The molecule has 0 aliphatic heterocycles. The number of aromatic amines is 1. The third-order valence-electron chi connectivity index (χ3n) is 6.83. The summed E-state index contributed by atoms with van der Waals surface area (Å²) in [5.41, 5.74) is 6.91. The number of nitrogens with two attached hydrogens (primary N) is 1. The zero-order valence-electron chi connectivity index (χ0n) is 21.4. The summed E-state index contributed by atoms with van der Waals surface area (Å²) in [6, 6.07) is 12.0. The van der Waals surface area contributed by atoms with Gasteiger partial charge in [0.15, 0.2) is 0 Å². The molecule has 2 aromatic heterocycles. The quantitative estimate of drug-likeness (QED) is 0.199. The van der Waals surface area contributed by atoms with Crippen molar-refractivity contribution in [1.82, 2.24) is 9.97 Å². The molecule has 5 rings (SSSR count). The second-order valence-corrected chi connectivity index (χ2v) is 9.72. The number of hydrogen-bond donors (Lipinski definition) is 2. The van der Waals surface area contributed by atoms with Gasteiger partial charge in [-0.1, -0.05) is 12.1 Å². The number of H-pyrrole nitrogens is 1. The Morgan fingerprint density at radius 3 is 2.34 bits per heavy atom. The summed E-state index contributed by atoms with van der Waals surface area (Å²) >= 11 is 0. The van der Waals surface area contributed by atoms with Crippen LogP contribution in [-0.2, 0) is 17.6 Å². The van der Waals surface area contributed by atoms with Gasteiger partial charge in [-0.15, -0.1) is 0 Å². The Bertz CT molecular complexity index is 1780. The molecule has 5 nitrogen and oxygen atoms in total. The number of fused-ring (bicyclic) bond motifs is 1. The van der Waals surface area contributed by atoms with Crippen molar-refractivity contribution in [1.29, 1.82) is 0 Å². The minimum atomic E-state index is -0.969. The Kier molecular flexibility index (Phi) is 7.65. The molecule has 0 bridgehead atoms. The molecule has 5 aromatic rings. The maximum Gasteiger partial charge on any atom is 0.251 e. The summed E-state index contributed by atoms with van der Waals surface area (Å²) in [6.07, 6.45) is 2.58. The summed E-state index contributed by atoms with van der Waals surface area (Å²) in [5, 5.41) is 0.225. The summed E-state index contributed by atoms with van der Waals surface area (Å²) < 4.78 is 70.3. The Morgan fingerprint density at radius 2 is 1.61 bits per heavy atom. The van der Waals surface area contributed by atoms with Crippen molar-refractivity contribution < 1.29 is 31.5 Å². The van der Waals surface area contributed by atoms with Crippen LogP contribution in [0.25, 0.3) is 22.0 Å². The molecule has 0 spiro atoms. The highest BCUT2D eigenvalue weighted by Crippen LogP contribution is 2.34. The van der Waals surface area contributed by atoms with Gasteiger partial charge in [0.25, 0.3) is 5.91 Å². The Morgan fingerprint density at radius 1 is 0.878 bits per heavy atom. The third kappa shape index (κ3) is 6.01. The molecular weight excluding hydrogens is 541 g/mol. The molecule has 0 unspecified atom stereocenters. The van der Waals surface area contributed by atoms with Gasteiger partial charge < -0.3 is 10.7 Å². The number of carbonyl (C=O) groups is 2. The number of ketones is 1. The molecule has 10 heteroatoms. The van der Waals surface area contributed by atoms with Crippen molar-refractivity contribution in [3.8, 4) is 11.1 Å². The van der Waals surface area contributed by atoms with E-state index in [1.807, 2.05) is 0 Å². The van der Waals surface area contributed by atoms with Crippen LogP contribution in [0.2, 0.25) is 0 Å². The summed E-state index contributed by atoms with van der Waals surface area (Å²) in [6.45, 7) is 0. The number of hydrogen-bond acceptors (Lipinski definition) is 3. The van der Waals surface area contributed by atoms with Crippen LogP contribution in [0.15, 0.2) is 73.1 Å². The van der Waals surface area contributed by atoms with Crippen LogP contribution in [0.3, 0.4) is 0 Å². The fraction of sp³-hybridized carbons (Fsp3) is 0.129. The Hall–Kier alpha value is -4.86. The van der Waals surface area contributed by atoms with E-state index in [0.717, 1.165) is 36.4 Å². The minimum Gasteiger partial charge on any atom is -0.366 e. The molecule has 0 radical (unpaired) electrons.